The molecule has 0 amide bonds. The van der Waals surface area contributed by atoms with E-state index in [9.17, 15) is 8.42 Å². The zero-order valence-electron chi connectivity index (χ0n) is 14.2. The summed E-state index contributed by atoms with van der Waals surface area (Å²) in [5, 5.41) is 12.5. The van der Waals surface area contributed by atoms with E-state index in [1.54, 1.807) is 12.1 Å². The molecule has 0 spiro atoms. The molecule has 0 radical (unpaired) electrons. The van der Waals surface area contributed by atoms with Gasteiger partial charge in [-0.15, -0.1) is 0 Å². The number of rotatable bonds is 7. The summed E-state index contributed by atoms with van der Waals surface area (Å²) in [7, 11) is -0.342. The van der Waals surface area contributed by atoms with Crippen molar-refractivity contribution in [1.29, 1.82) is 0 Å². The first-order valence-corrected chi connectivity index (χ1v) is 9.23. The molecule has 0 aliphatic carbocycles. The molecular formula is C18H24N2O3S. The topological polar surface area (TPSA) is 69.6 Å². The lowest BCUT2D eigenvalue weighted by Crippen LogP contribution is -2.22. The number of nitrogens with zero attached hydrogens (tertiary/aromatic N) is 1. The molecule has 1 unspecified atom stereocenters. The molecule has 0 aliphatic heterocycles. The Morgan fingerprint density at radius 2 is 1.54 bits per heavy atom. The summed E-state index contributed by atoms with van der Waals surface area (Å²) < 4.78 is 25.3. The van der Waals surface area contributed by atoms with Crippen LogP contribution in [0.3, 0.4) is 0 Å². The van der Waals surface area contributed by atoms with Crippen LogP contribution in [0, 0.1) is 0 Å². The molecule has 24 heavy (non-hydrogen) atoms. The van der Waals surface area contributed by atoms with Crippen LogP contribution in [0.2, 0.25) is 0 Å². The second kappa shape index (κ2) is 7.90. The molecule has 2 N–H and O–H groups in total. The number of aliphatic hydroxyl groups is 1. The van der Waals surface area contributed by atoms with E-state index in [1.807, 2.05) is 43.3 Å². The quantitative estimate of drug-likeness (QED) is 0.805. The van der Waals surface area contributed by atoms with E-state index < -0.39 is 10.0 Å². The predicted molar refractivity (Wildman–Crippen MR) is 94.9 cm³/mol. The highest BCUT2D eigenvalue weighted by Crippen LogP contribution is 2.18. The third-order valence-corrected chi connectivity index (χ3v) is 5.81. The third kappa shape index (κ3) is 4.42. The second-order valence-electron chi connectivity index (χ2n) is 5.93. The Hall–Kier alpha value is -1.73. The summed E-state index contributed by atoms with van der Waals surface area (Å²) in [5.41, 5.74) is 3.05. The van der Waals surface area contributed by atoms with Crippen molar-refractivity contribution in [3.8, 4) is 0 Å². The number of benzene rings is 2. The molecule has 0 saturated heterocycles. The highest BCUT2D eigenvalue weighted by molar-refractivity contribution is 7.89. The molecule has 6 heteroatoms. The number of hydrogen-bond acceptors (Lipinski definition) is 4. The number of aliphatic hydroxyl groups excluding tert-OH is 1. The Morgan fingerprint density at radius 1 is 1.00 bits per heavy atom. The van der Waals surface area contributed by atoms with Crippen LogP contribution in [-0.2, 0) is 23.2 Å². The average Bonchev–Trinajstić information content (AvgIpc) is 2.60. The van der Waals surface area contributed by atoms with Crippen molar-refractivity contribution in [1.82, 2.24) is 9.62 Å². The van der Waals surface area contributed by atoms with Gasteiger partial charge in [0.05, 0.1) is 11.5 Å². The summed E-state index contributed by atoms with van der Waals surface area (Å²) in [6.07, 6.45) is 0. The van der Waals surface area contributed by atoms with Crippen LogP contribution in [-0.4, -0.2) is 31.9 Å². The molecule has 130 valence electrons. The lowest BCUT2D eigenvalue weighted by Gasteiger charge is -2.16. The van der Waals surface area contributed by atoms with Crippen LogP contribution in [0.15, 0.2) is 53.4 Å². The number of hydrogen-bond donors (Lipinski definition) is 2. The van der Waals surface area contributed by atoms with Crippen molar-refractivity contribution < 1.29 is 13.5 Å². The van der Waals surface area contributed by atoms with Gasteiger partial charge in [0.1, 0.15) is 0 Å². The standard InChI is InChI=1S/C18H24N2O3S/c1-14(19-12-15-4-6-16(13-21)7-5-15)17-8-10-18(11-9-17)24(22,23)20(2)3/h4-11,14,19,21H,12-13H2,1-3H3. The van der Waals surface area contributed by atoms with Gasteiger partial charge >= 0.3 is 0 Å². The maximum Gasteiger partial charge on any atom is 0.242 e. The van der Waals surface area contributed by atoms with E-state index in [2.05, 4.69) is 5.32 Å². The fourth-order valence-electron chi connectivity index (χ4n) is 2.29. The minimum Gasteiger partial charge on any atom is -0.392 e. The fourth-order valence-corrected chi connectivity index (χ4v) is 3.19. The first-order chi connectivity index (χ1) is 11.3. The van der Waals surface area contributed by atoms with E-state index in [-0.39, 0.29) is 12.6 Å². The maximum absolute atomic E-state index is 12.1. The highest BCUT2D eigenvalue weighted by atomic mass is 32.2. The average molecular weight is 348 g/mol. The molecule has 0 heterocycles. The van der Waals surface area contributed by atoms with Gasteiger partial charge in [-0.2, -0.15) is 0 Å². The Bertz CT molecular complexity index is 754. The predicted octanol–water partition coefficient (Wildman–Crippen LogP) is 2.28. The minimum atomic E-state index is -3.39. The molecule has 1 atom stereocenters. The van der Waals surface area contributed by atoms with Gasteiger partial charge in [0.2, 0.25) is 10.0 Å². The van der Waals surface area contributed by atoms with E-state index in [4.69, 9.17) is 5.11 Å². The Balaban J connectivity index is 2.00. The van der Waals surface area contributed by atoms with Gasteiger partial charge in [0.25, 0.3) is 0 Å². The van der Waals surface area contributed by atoms with E-state index in [0.717, 1.165) is 16.7 Å². The Kier molecular flexibility index (Phi) is 6.12. The first kappa shape index (κ1) is 18.6. The molecule has 0 bridgehead atoms. The van der Waals surface area contributed by atoms with Crippen molar-refractivity contribution >= 4 is 10.0 Å². The summed E-state index contributed by atoms with van der Waals surface area (Å²) in [6, 6.07) is 14.8. The summed E-state index contributed by atoms with van der Waals surface area (Å²) >= 11 is 0. The highest BCUT2D eigenvalue weighted by Gasteiger charge is 2.17. The summed E-state index contributed by atoms with van der Waals surface area (Å²) in [5.74, 6) is 0. The molecule has 5 nitrogen and oxygen atoms in total. The van der Waals surface area contributed by atoms with Gasteiger partial charge in [0, 0.05) is 26.7 Å². The van der Waals surface area contributed by atoms with Crippen molar-refractivity contribution in [2.75, 3.05) is 14.1 Å². The summed E-state index contributed by atoms with van der Waals surface area (Å²) in [4.78, 5) is 0.294. The van der Waals surface area contributed by atoms with Crippen molar-refractivity contribution in [3.63, 3.8) is 0 Å². The van der Waals surface area contributed by atoms with Crippen LogP contribution in [0.1, 0.15) is 29.7 Å². The Labute approximate surface area is 144 Å². The SMILES string of the molecule is CC(NCc1ccc(CO)cc1)c1ccc(S(=O)(=O)N(C)C)cc1. The van der Waals surface area contributed by atoms with Gasteiger partial charge in [-0.25, -0.2) is 12.7 Å². The van der Waals surface area contributed by atoms with Gasteiger partial charge in [-0.1, -0.05) is 36.4 Å². The number of nitrogens with one attached hydrogen (secondary N) is 1. The first-order valence-electron chi connectivity index (χ1n) is 7.79. The third-order valence-electron chi connectivity index (χ3n) is 3.98. The van der Waals surface area contributed by atoms with Crippen LogP contribution in [0.5, 0.6) is 0 Å². The molecule has 0 aromatic heterocycles. The van der Waals surface area contributed by atoms with E-state index in [0.29, 0.717) is 11.4 Å². The smallest absolute Gasteiger partial charge is 0.242 e. The summed E-state index contributed by atoms with van der Waals surface area (Å²) in [6.45, 7) is 2.79. The molecular weight excluding hydrogens is 324 g/mol. The van der Waals surface area contributed by atoms with Gasteiger partial charge in [0.15, 0.2) is 0 Å². The molecule has 2 rings (SSSR count). The molecule has 0 aliphatic rings. The van der Waals surface area contributed by atoms with Gasteiger partial charge in [-0.3, -0.25) is 0 Å². The van der Waals surface area contributed by atoms with E-state index in [1.165, 1.54) is 18.4 Å². The van der Waals surface area contributed by atoms with Crippen LogP contribution < -0.4 is 5.32 Å². The van der Waals surface area contributed by atoms with Crippen LogP contribution in [0.4, 0.5) is 0 Å². The van der Waals surface area contributed by atoms with Crippen LogP contribution >= 0.6 is 0 Å². The maximum atomic E-state index is 12.1. The largest absolute Gasteiger partial charge is 0.392 e. The van der Waals surface area contributed by atoms with Crippen molar-refractivity contribution in [2.45, 2.75) is 31.0 Å². The normalized spacial score (nSPS) is 13.2. The van der Waals surface area contributed by atoms with E-state index >= 15 is 0 Å². The van der Waals surface area contributed by atoms with Crippen molar-refractivity contribution in [2.24, 2.45) is 0 Å². The van der Waals surface area contributed by atoms with Gasteiger partial charge < -0.3 is 10.4 Å². The molecule has 0 saturated carbocycles. The molecule has 2 aromatic carbocycles. The number of sulfonamides is 1. The Morgan fingerprint density at radius 3 is 2.04 bits per heavy atom. The van der Waals surface area contributed by atoms with Crippen molar-refractivity contribution in [3.05, 3.63) is 65.2 Å². The van der Waals surface area contributed by atoms with Crippen LogP contribution in [0.25, 0.3) is 0 Å². The lowest BCUT2D eigenvalue weighted by molar-refractivity contribution is 0.282. The fraction of sp³-hybridized carbons (Fsp3) is 0.333. The lowest BCUT2D eigenvalue weighted by atomic mass is 10.1. The van der Waals surface area contributed by atoms with Gasteiger partial charge in [-0.05, 0) is 35.7 Å². The minimum absolute atomic E-state index is 0.0479. The monoisotopic (exact) mass is 348 g/mol. The molecule has 0 fully saturated rings. The molecule has 2 aromatic rings. The second-order valence-corrected chi connectivity index (χ2v) is 8.09. The zero-order chi connectivity index (χ0) is 17.7. The zero-order valence-corrected chi connectivity index (χ0v) is 15.0.